The first-order valence-electron chi connectivity index (χ1n) is 3.80. The number of benzene rings is 1. The molecular weight excluding hydrogens is 455 g/mol. The van der Waals surface area contributed by atoms with Gasteiger partial charge in [-0.1, -0.05) is 59.9 Å². The maximum absolute atomic E-state index is 11.8. The van der Waals surface area contributed by atoms with Crippen molar-refractivity contribution in [3.8, 4) is 0 Å². The molecule has 0 aliphatic heterocycles. The normalized spacial score (nSPS) is 10.8. The summed E-state index contributed by atoms with van der Waals surface area (Å²) in [6.07, 6.45) is 0. The van der Waals surface area contributed by atoms with E-state index in [1.807, 2.05) is 0 Å². The van der Waals surface area contributed by atoms with E-state index in [1.165, 1.54) is 0 Å². The zero-order valence-electron chi connectivity index (χ0n) is 8.48. The van der Waals surface area contributed by atoms with Crippen LogP contribution in [0.15, 0.2) is 29.2 Å². The van der Waals surface area contributed by atoms with Crippen LogP contribution >= 0.6 is 59.8 Å². The monoisotopic (exact) mass is 456 g/mol. The van der Waals surface area contributed by atoms with Crippen LogP contribution in [0.5, 0.6) is 0 Å². The average Bonchev–Trinajstić information content (AvgIpc) is 2.24. The van der Waals surface area contributed by atoms with Crippen molar-refractivity contribution in [3.05, 3.63) is 29.8 Å². The van der Waals surface area contributed by atoms with Gasteiger partial charge in [-0.05, 0) is 12.1 Å². The third-order valence-corrected chi connectivity index (χ3v) is 3.16. The van der Waals surface area contributed by atoms with Crippen molar-refractivity contribution in [1.82, 2.24) is 0 Å². The Morgan fingerprint density at radius 1 is 1.35 bits per heavy atom. The maximum atomic E-state index is 11.8. The van der Waals surface area contributed by atoms with Crippen LogP contribution in [0, 0.1) is 0 Å². The SMILES string of the molecule is O=C(c1cccc(SOO[O-])c1)C(Br)(Br)Br.[Na+]. The quantitative estimate of drug-likeness (QED) is 0.158. The predicted octanol–water partition coefficient (Wildman–Crippen LogP) is -0.0576. The van der Waals surface area contributed by atoms with Gasteiger partial charge in [0.05, 0.1) is 12.0 Å². The van der Waals surface area contributed by atoms with Gasteiger partial charge in [0.1, 0.15) is 0 Å². The van der Waals surface area contributed by atoms with Crippen LogP contribution in [0.1, 0.15) is 10.4 Å². The average molecular weight is 459 g/mol. The first kappa shape index (κ1) is 18.6. The number of hydrogen-bond acceptors (Lipinski definition) is 5. The van der Waals surface area contributed by atoms with Crippen LogP contribution in [0.25, 0.3) is 0 Å². The fourth-order valence-corrected chi connectivity index (χ4v) is 2.01. The van der Waals surface area contributed by atoms with Gasteiger partial charge in [-0.2, -0.15) is 4.33 Å². The number of ketones is 1. The second-order valence-corrected chi connectivity index (χ2v) is 10.1. The molecule has 0 unspecified atom stereocenters. The third-order valence-electron chi connectivity index (χ3n) is 1.51. The Hall–Kier alpha value is 1.56. The molecule has 17 heavy (non-hydrogen) atoms. The summed E-state index contributed by atoms with van der Waals surface area (Å²) in [6.45, 7) is 0. The Morgan fingerprint density at radius 2 is 2.00 bits per heavy atom. The van der Waals surface area contributed by atoms with Gasteiger partial charge in [-0.25, -0.2) is 0 Å². The Balaban J connectivity index is 0.00000256. The maximum Gasteiger partial charge on any atom is 1.00 e. The molecule has 1 rings (SSSR count). The first-order chi connectivity index (χ1) is 7.45. The van der Waals surface area contributed by atoms with E-state index < -0.39 is 2.14 Å². The summed E-state index contributed by atoms with van der Waals surface area (Å²) in [4.78, 5) is 12.4. The van der Waals surface area contributed by atoms with E-state index in [9.17, 15) is 10.1 Å². The third kappa shape index (κ3) is 6.51. The molecule has 0 atom stereocenters. The predicted molar refractivity (Wildman–Crippen MR) is 68.3 cm³/mol. The molecule has 1 aromatic carbocycles. The van der Waals surface area contributed by atoms with E-state index >= 15 is 0 Å². The zero-order chi connectivity index (χ0) is 12.2. The fourth-order valence-electron chi connectivity index (χ4n) is 0.906. The number of rotatable bonds is 4. The molecule has 1 aromatic rings. The molecule has 0 bridgehead atoms. The van der Waals surface area contributed by atoms with E-state index in [4.69, 9.17) is 0 Å². The Bertz CT molecular complexity index is 385. The minimum atomic E-state index is -0.994. The van der Waals surface area contributed by atoms with Crippen LogP contribution in [0.3, 0.4) is 0 Å². The molecule has 9 heteroatoms. The van der Waals surface area contributed by atoms with Crippen LogP contribution in [0.2, 0.25) is 0 Å². The number of carbonyl (C=O) groups is 1. The summed E-state index contributed by atoms with van der Waals surface area (Å²) in [7, 11) is 0. The molecule has 88 valence electrons. The van der Waals surface area contributed by atoms with E-state index in [1.54, 1.807) is 24.3 Å². The zero-order valence-corrected chi connectivity index (χ0v) is 16.1. The molecule has 0 heterocycles. The molecule has 0 saturated carbocycles. The molecule has 0 saturated heterocycles. The van der Waals surface area contributed by atoms with E-state index in [0.717, 1.165) is 12.0 Å². The van der Waals surface area contributed by atoms with Crippen molar-refractivity contribution < 1.29 is 49.0 Å². The van der Waals surface area contributed by atoms with Crippen molar-refractivity contribution in [2.24, 2.45) is 0 Å². The molecule has 0 aliphatic carbocycles. The molecule has 0 aliphatic rings. The van der Waals surface area contributed by atoms with E-state index in [2.05, 4.69) is 57.2 Å². The van der Waals surface area contributed by atoms with Crippen LogP contribution in [0.4, 0.5) is 0 Å². The minimum Gasteiger partial charge on any atom is -0.691 e. The molecule has 0 aromatic heterocycles. The number of carbonyl (C=O) groups excluding carboxylic acids is 1. The number of Topliss-reactive ketones (excluding diaryl/α,β-unsaturated/α-hetero) is 1. The summed E-state index contributed by atoms with van der Waals surface area (Å²) in [5.41, 5.74) is 0.449. The summed E-state index contributed by atoms with van der Waals surface area (Å²) in [5, 5.41) is 12.9. The van der Waals surface area contributed by atoms with E-state index in [0.29, 0.717) is 10.5 Å². The van der Waals surface area contributed by atoms with Gasteiger partial charge in [0.25, 0.3) is 0 Å². The molecule has 4 nitrogen and oxygen atoms in total. The van der Waals surface area contributed by atoms with Gasteiger partial charge in [-0.15, -0.1) is 0 Å². The van der Waals surface area contributed by atoms with Crippen molar-refractivity contribution in [1.29, 1.82) is 0 Å². The van der Waals surface area contributed by atoms with Gasteiger partial charge in [0, 0.05) is 10.5 Å². The summed E-state index contributed by atoms with van der Waals surface area (Å²) >= 11 is 10.1. The van der Waals surface area contributed by atoms with Gasteiger partial charge in [-0.3, -0.25) is 9.83 Å². The molecular formula is C8H4Br3NaO4S. The van der Waals surface area contributed by atoms with Crippen LogP contribution in [-0.2, 0) is 9.37 Å². The number of alkyl halides is 3. The summed E-state index contributed by atoms with van der Waals surface area (Å²) in [6, 6.07) is 6.56. The van der Waals surface area contributed by atoms with Crippen LogP contribution in [-0.4, -0.2) is 7.93 Å². The van der Waals surface area contributed by atoms with Crippen molar-refractivity contribution in [3.63, 3.8) is 0 Å². The molecule has 0 fully saturated rings. The Morgan fingerprint density at radius 3 is 2.53 bits per heavy atom. The van der Waals surface area contributed by atoms with Crippen molar-refractivity contribution in [2.75, 3.05) is 0 Å². The van der Waals surface area contributed by atoms with Gasteiger partial charge in [0.15, 0.2) is 2.14 Å². The second kappa shape index (κ2) is 8.68. The Labute approximate surface area is 150 Å². The topological polar surface area (TPSA) is 58.6 Å². The number of hydrogen-bond donors (Lipinski definition) is 0. The fraction of sp³-hybridized carbons (Fsp3) is 0.125. The Kier molecular flexibility index (Phi) is 9.47. The molecule has 0 N–H and O–H groups in total. The largest absolute Gasteiger partial charge is 1.00 e. The van der Waals surface area contributed by atoms with Crippen molar-refractivity contribution in [2.45, 2.75) is 7.04 Å². The van der Waals surface area contributed by atoms with Gasteiger partial charge >= 0.3 is 29.6 Å². The smallest absolute Gasteiger partial charge is 0.691 e. The number of halogens is 3. The molecule has 0 spiro atoms. The standard InChI is InChI=1S/C8H5Br3O4S.Na/c9-8(10,11)7(12)5-2-1-3-6(4-5)16-15-14-13;/h1-4,13H;/q;+1/p-1. The van der Waals surface area contributed by atoms with E-state index in [-0.39, 0.29) is 35.3 Å². The summed E-state index contributed by atoms with van der Waals surface area (Å²) < 4.78 is 3.16. The minimum absolute atomic E-state index is 0. The second-order valence-electron chi connectivity index (χ2n) is 2.57. The first-order valence-corrected chi connectivity index (χ1v) is 6.92. The summed E-state index contributed by atoms with van der Waals surface area (Å²) in [5.74, 6) is -0.210. The van der Waals surface area contributed by atoms with Gasteiger partial charge < -0.3 is 5.26 Å². The molecule has 0 amide bonds. The van der Waals surface area contributed by atoms with Gasteiger partial charge in [0.2, 0.25) is 5.78 Å². The van der Waals surface area contributed by atoms with Crippen molar-refractivity contribution >= 4 is 65.6 Å². The molecule has 0 radical (unpaired) electrons. The van der Waals surface area contributed by atoms with Crippen LogP contribution < -0.4 is 34.8 Å².